The number of aromatic nitrogens is 1. The van der Waals surface area contributed by atoms with Gasteiger partial charge in [0.1, 0.15) is 0 Å². The van der Waals surface area contributed by atoms with Crippen molar-refractivity contribution in [1.29, 1.82) is 0 Å². The molecule has 7 nitrogen and oxygen atoms in total. The van der Waals surface area contributed by atoms with Crippen LogP contribution in [-0.2, 0) is 4.79 Å². The van der Waals surface area contributed by atoms with Gasteiger partial charge in [0.15, 0.2) is 11.5 Å². The van der Waals surface area contributed by atoms with Gasteiger partial charge in [0.05, 0.1) is 38.8 Å². The smallest absolute Gasteiger partial charge is 0.250 e. The Morgan fingerprint density at radius 1 is 1.10 bits per heavy atom. The third-order valence-corrected chi connectivity index (χ3v) is 5.31. The molecule has 0 aliphatic heterocycles. The van der Waals surface area contributed by atoms with Gasteiger partial charge in [0.2, 0.25) is 11.7 Å². The number of nitrogens with zero attached hydrogens (tertiary/aromatic N) is 2. The van der Waals surface area contributed by atoms with Crippen molar-refractivity contribution in [2.45, 2.75) is 11.8 Å². The summed E-state index contributed by atoms with van der Waals surface area (Å²) in [4.78, 5) is 17.8. The topological polar surface area (TPSA) is 82.0 Å². The van der Waals surface area contributed by atoms with Gasteiger partial charge in [0, 0.05) is 21.5 Å². The lowest BCUT2D eigenvalue weighted by Gasteiger charge is -2.12. The van der Waals surface area contributed by atoms with E-state index in [0.717, 1.165) is 21.5 Å². The van der Waals surface area contributed by atoms with Gasteiger partial charge in [-0.15, -0.1) is 11.8 Å². The maximum atomic E-state index is 12.2. The molecular weight excluding hydrogens is 402 g/mol. The first-order valence-corrected chi connectivity index (χ1v) is 10.2. The molecule has 0 fully saturated rings. The highest BCUT2D eigenvalue weighted by atomic mass is 32.2. The summed E-state index contributed by atoms with van der Waals surface area (Å²) < 4.78 is 15.9. The van der Waals surface area contributed by atoms with E-state index in [-0.39, 0.29) is 11.7 Å². The average molecular weight is 426 g/mol. The molecule has 156 valence electrons. The lowest BCUT2D eigenvalue weighted by molar-refractivity contribution is -0.118. The molecule has 1 amide bonds. The third-order valence-electron chi connectivity index (χ3n) is 4.25. The Kier molecular flexibility index (Phi) is 7.13. The molecule has 0 spiro atoms. The number of hydrogen-bond donors (Lipinski definition) is 1. The minimum atomic E-state index is -0.206. The number of nitrogens with one attached hydrogen (secondary N) is 1. The zero-order valence-corrected chi connectivity index (χ0v) is 18.1. The molecule has 3 rings (SSSR count). The van der Waals surface area contributed by atoms with E-state index in [1.54, 1.807) is 33.5 Å². The number of methoxy groups -OCH3 is 3. The Bertz CT molecular complexity index is 1060. The van der Waals surface area contributed by atoms with Gasteiger partial charge < -0.3 is 14.2 Å². The van der Waals surface area contributed by atoms with Crippen LogP contribution in [0.25, 0.3) is 10.9 Å². The van der Waals surface area contributed by atoms with Gasteiger partial charge in [-0.2, -0.15) is 5.10 Å². The molecule has 3 aromatic rings. The molecule has 2 aromatic carbocycles. The first-order chi connectivity index (χ1) is 14.5. The summed E-state index contributed by atoms with van der Waals surface area (Å²) in [6, 6.07) is 13.4. The van der Waals surface area contributed by atoms with Gasteiger partial charge in [0.25, 0.3) is 0 Å². The van der Waals surface area contributed by atoms with Crippen LogP contribution in [0.2, 0.25) is 0 Å². The molecule has 0 saturated heterocycles. The van der Waals surface area contributed by atoms with Crippen LogP contribution in [0.4, 0.5) is 0 Å². The van der Waals surface area contributed by atoms with Crippen LogP contribution in [0.3, 0.4) is 0 Å². The number of ether oxygens (including phenoxy) is 3. The molecule has 1 N–H and O–H groups in total. The van der Waals surface area contributed by atoms with Gasteiger partial charge in [-0.3, -0.25) is 9.78 Å². The highest BCUT2D eigenvalue weighted by Crippen LogP contribution is 2.37. The second-order valence-corrected chi connectivity index (χ2v) is 7.34. The summed E-state index contributed by atoms with van der Waals surface area (Å²) in [5, 5.41) is 5.07. The lowest BCUT2D eigenvalue weighted by Crippen LogP contribution is -2.19. The Balaban J connectivity index is 1.65. The number of hydrogen-bond acceptors (Lipinski definition) is 7. The number of fused-ring (bicyclic) bond motifs is 1. The number of carbonyl (C=O) groups is 1. The fourth-order valence-corrected chi connectivity index (χ4v) is 3.85. The first-order valence-electron chi connectivity index (χ1n) is 9.16. The Hall–Kier alpha value is -3.26. The SMILES string of the molecule is COc1cc(/C=N/NC(=O)CSc2cc(C)nc3ccccc23)cc(OC)c1OC. The summed E-state index contributed by atoms with van der Waals surface area (Å²) in [6.45, 7) is 1.94. The number of hydrazone groups is 1. The Labute approximate surface area is 179 Å². The second-order valence-electron chi connectivity index (χ2n) is 6.32. The Morgan fingerprint density at radius 3 is 2.47 bits per heavy atom. The van der Waals surface area contributed by atoms with E-state index in [1.807, 2.05) is 37.3 Å². The molecule has 1 aromatic heterocycles. The van der Waals surface area contributed by atoms with Crippen LogP contribution >= 0.6 is 11.8 Å². The van der Waals surface area contributed by atoms with E-state index in [1.165, 1.54) is 18.0 Å². The van der Waals surface area contributed by atoms with E-state index < -0.39 is 0 Å². The van der Waals surface area contributed by atoms with Crippen LogP contribution in [0.1, 0.15) is 11.3 Å². The number of thioether (sulfide) groups is 1. The van der Waals surface area contributed by atoms with Crippen LogP contribution < -0.4 is 19.6 Å². The minimum absolute atomic E-state index is 0.206. The van der Waals surface area contributed by atoms with Crippen molar-refractivity contribution in [2.75, 3.05) is 27.1 Å². The molecule has 0 radical (unpaired) electrons. The van der Waals surface area contributed by atoms with E-state index in [0.29, 0.717) is 22.8 Å². The molecule has 0 saturated carbocycles. The third kappa shape index (κ3) is 5.01. The van der Waals surface area contributed by atoms with E-state index >= 15 is 0 Å². The number of rotatable bonds is 8. The normalized spacial score (nSPS) is 10.9. The predicted octanol–water partition coefficient (Wildman–Crippen LogP) is 3.81. The molecule has 0 aliphatic rings. The first kappa shape index (κ1) is 21.4. The molecule has 0 aliphatic carbocycles. The lowest BCUT2D eigenvalue weighted by atomic mass is 10.2. The molecule has 0 bridgehead atoms. The average Bonchev–Trinajstić information content (AvgIpc) is 2.76. The van der Waals surface area contributed by atoms with Crippen LogP contribution in [-0.4, -0.2) is 44.2 Å². The number of para-hydroxylation sites is 1. The van der Waals surface area contributed by atoms with E-state index in [2.05, 4.69) is 15.5 Å². The summed E-state index contributed by atoms with van der Waals surface area (Å²) in [7, 11) is 4.63. The van der Waals surface area contributed by atoms with Gasteiger partial charge in [-0.25, -0.2) is 5.43 Å². The molecule has 30 heavy (non-hydrogen) atoms. The van der Waals surface area contributed by atoms with Crippen molar-refractivity contribution in [3.63, 3.8) is 0 Å². The maximum absolute atomic E-state index is 12.2. The minimum Gasteiger partial charge on any atom is -0.493 e. The highest BCUT2D eigenvalue weighted by Gasteiger charge is 2.12. The fourth-order valence-electron chi connectivity index (χ4n) is 2.92. The van der Waals surface area contributed by atoms with Crippen molar-refractivity contribution in [3.05, 3.63) is 53.7 Å². The molecule has 0 unspecified atom stereocenters. The largest absolute Gasteiger partial charge is 0.493 e. The number of aryl methyl sites for hydroxylation is 1. The van der Waals surface area contributed by atoms with Crippen LogP contribution in [0.5, 0.6) is 17.2 Å². The van der Waals surface area contributed by atoms with Crippen molar-refractivity contribution in [1.82, 2.24) is 10.4 Å². The quantitative estimate of drug-likeness (QED) is 0.336. The van der Waals surface area contributed by atoms with Crippen molar-refractivity contribution in [2.24, 2.45) is 5.10 Å². The summed E-state index contributed by atoms with van der Waals surface area (Å²) in [5.41, 5.74) is 5.08. The zero-order chi connectivity index (χ0) is 21.5. The van der Waals surface area contributed by atoms with Crippen molar-refractivity contribution < 1.29 is 19.0 Å². The number of amides is 1. The van der Waals surface area contributed by atoms with Crippen LogP contribution in [0, 0.1) is 6.92 Å². The molecule has 0 atom stereocenters. The summed E-state index contributed by atoms with van der Waals surface area (Å²) in [6.07, 6.45) is 1.53. The monoisotopic (exact) mass is 425 g/mol. The van der Waals surface area contributed by atoms with Gasteiger partial charge in [-0.05, 0) is 31.2 Å². The van der Waals surface area contributed by atoms with E-state index in [9.17, 15) is 4.79 Å². The van der Waals surface area contributed by atoms with Crippen molar-refractivity contribution >= 4 is 34.8 Å². The number of carbonyl (C=O) groups excluding carboxylic acids is 1. The molecular formula is C22H23N3O4S. The van der Waals surface area contributed by atoms with Gasteiger partial charge in [-0.1, -0.05) is 18.2 Å². The number of pyridine rings is 1. The van der Waals surface area contributed by atoms with Gasteiger partial charge >= 0.3 is 0 Å². The molecule has 1 heterocycles. The summed E-state index contributed by atoms with van der Waals surface area (Å²) >= 11 is 1.45. The highest BCUT2D eigenvalue weighted by molar-refractivity contribution is 8.00. The predicted molar refractivity (Wildman–Crippen MR) is 119 cm³/mol. The second kappa shape index (κ2) is 9.98. The molecule has 8 heteroatoms. The van der Waals surface area contributed by atoms with Crippen molar-refractivity contribution in [3.8, 4) is 17.2 Å². The van der Waals surface area contributed by atoms with E-state index in [4.69, 9.17) is 14.2 Å². The Morgan fingerprint density at radius 2 is 1.80 bits per heavy atom. The number of benzene rings is 2. The zero-order valence-electron chi connectivity index (χ0n) is 17.3. The standard InChI is InChI=1S/C22H23N3O4S/c1-14-9-20(16-7-5-6-8-17(16)24-14)30-13-21(26)25-23-12-15-10-18(27-2)22(29-4)19(11-15)28-3/h5-12H,13H2,1-4H3,(H,25,26)/b23-12+. The summed E-state index contributed by atoms with van der Waals surface area (Å²) in [5.74, 6) is 1.56. The maximum Gasteiger partial charge on any atom is 0.250 e. The fraction of sp³-hybridized carbons (Fsp3) is 0.227. The van der Waals surface area contributed by atoms with Crippen LogP contribution in [0.15, 0.2) is 52.5 Å².